The molecule has 102 valence electrons. The summed E-state index contributed by atoms with van der Waals surface area (Å²) in [5.41, 5.74) is 7.73. The maximum absolute atomic E-state index is 11.2. The van der Waals surface area contributed by atoms with E-state index in [2.05, 4.69) is 16.4 Å². The highest BCUT2D eigenvalue weighted by Gasteiger charge is 2.43. The number of pyridine rings is 1. The summed E-state index contributed by atoms with van der Waals surface area (Å²) in [6.07, 6.45) is 4.50. The number of anilines is 1. The van der Waals surface area contributed by atoms with Crippen molar-refractivity contribution in [1.82, 2.24) is 4.98 Å². The number of hydrogen-bond donors (Lipinski definition) is 2. The number of fused-ring (bicyclic) bond motifs is 3. The lowest BCUT2D eigenvalue weighted by Gasteiger charge is -2.32. The average molecular weight is 269 g/mol. The highest BCUT2D eigenvalue weighted by Crippen LogP contribution is 2.45. The first kappa shape index (κ1) is 11.5. The number of furan rings is 1. The minimum absolute atomic E-state index is 0.0649. The van der Waals surface area contributed by atoms with Crippen molar-refractivity contribution in [2.45, 2.75) is 24.7 Å². The summed E-state index contributed by atoms with van der Waals surface area (Å²) in [7, 11) is 0. The molecular formula is C15H15N3O2. The number of carbonyl (C=O) groups is 1. The minimum Gasteiger partial charge on any atom is -0.456 e. The zero-order valence-electron chi connectivity index (χ0n) is 11.0. The maximum Gasteiger partial charge on any atom is 0.284 e. The van der Waals surface area contributed by atoms with Crippen LogP contribution in [0.1, 0.15) is 33.9 Å². The molecule has 5 heteroatoms. The van der Waals surface area contributed by atoms with Crippen molar-refractivity contribution in [3.8, 4) is 0 Å². The molecule has 0 fully saturated rings. The molecule has 20 heavy (non-hydrogen) atoms. The van der Waals surface area contributed by atoms with E-state index in [0.29, 0.717) is 0 Å². The second-order valence-corrected chi connectivity index (χ2v) is 5.63. The number of nitrogens with two attached hydrogens (primary N) is 1. The first-order valence-electron chi connectivity index (χ1n) is 6.79. The lowest BCUT2D eigenvalue weighted by molar-refractivity contribution is 0.0972. The fourth-order valence-electron chi connectivity index (χ4n) is 3.46. The molecule has 2 aliphatic rings. The van der Waals surface area contributed by atoms with Crippen molar-refractivity contribution in [3.63, 3.8) is 0 Å². The lowest BCUT2D eigenvalue weighted by atomic mass is 9.70. The van der Waals surface area contributed by atoms with E-state index in [9.17, 15) is 4.79 Å². The van der Waals surface area contributed by atoms with Gasteiger partial charge < -0.3 is 15.5 Å². The quantitative estimate of drug-likeness (QED) is 0.824. The molecule has 1 amide bonds. The summed E-state index contributed by atoms with van der Waals surface area (Å²) in [5.74, 6) is 1.65. The van der Waals surface area contributed by atoms with E-state index in [0.717, 1.165) is 42.9 Å². The molecule has 1 unspecified atom stereocenters. The molecule has 0 radical (unpaired) electrons. The Bertz CT molecular complexity index is 707. The van der Waals surface area contributed by atoms with Crippen LogP contribution in [0, 0.1) is 0 Å². The Balaban J connectivity index is 1.75. The van der Waals surface area contributed by atoms with Gasteiger partial charge in [0, 0.05) is 30.1 Å². The molecule has 0 saturated carbocycles. The molecule has 0 saturated heterocycles. The van der Waals surface area contributed by atoms with Gasteiger partial charge in [0.15, 0.2) is 5.76 Å². The van der Waals surface area contributed by atoms with Crippen molar-refractivity contribution in [2.75, 3.05) is 11.9 Å². The Morgan fingerprint density at radius 1 is 1.50 bits per heavy atom. The molecule has 1 aliphatic carbocycles. The van der Waals surface area contributed by atoms with Crippen LogP contribution in [0.25, 0.3) is 0 Å². The molecule has 2 aromatic heterocycles. The Morgan fingerprint density at radius 3 is 3.25 bits per heavy atom. The van der Waals surface area contributed by atoms with Gasteiger partial charge in [-0.1, -0.05) is 6.07 Å². The number of carbonyl (C=O) groups excluding carboxylic acids is 1. The fourth-order valence-corrected chi connectivity index (χ4v) is 3.46. The highest BCUT2D eigenvalue weighted by atomic mass is 16.3. The summed E-state index contributed by atoms with van der Waals surface area (Å²) >= 11 is 0. The highest BCUT2D eigenvalue weighted by molar-refractivity contribution is 5.90. The third-order valence-corrected chi connectivity index (χ3v) is 4.47. The monoisotopic (exact) mass is 269 g/mol. The van der Waals surface area contributed by atoms with Crippen molar-refractivity contribution in [2.24, 2.45) is 5.73 Å². The van der Waals surface area contributed by atoms with E-state index < -0.39 is 5.91 Å². The molecule has 4 rings (SSSR count). The molecule has 1 spiro atoms. The third-order valence-electron chi connectivity index (χ3n) is 4.47. The van der Waals surface area contributed by atoms with Crippen molar-refractivity contribution >= 4 is 11.7 Å². The van der Waals surface area contributed by atoms with Crippen LogP contribution in [0.15, 0.2) is 28.8 Å². The predicted octanol–water partition coefficient (Wildman–Crippen LogP) is 1.63. The Morgan fingerprint density at radius 2 is 2.40 bits per heavy atom. The number of rotatable bonds is 1. The minimum atomic E-state index is -0.500. The summed E-state index contributed by atoms with van der Waals surface area (Å²) in [6.45, 7) is 0.885. The van der Waals surface area contributed by atoms with Crippen molar-refractivity contribution in [3.05, 3.63) is 47.0 Å². The van der Waals surface area contributed by atoms with E-state index in [1.807, 2.05) is 12.3 Å². The topological polar surface area (TPSA) is 81.2 Å². The van der Waals surface area contributed by atoms with Crippen LogP contribution in [0.2, 0.25) is 0 Å². The molecule has 2 aromatic rings. The number of aromatic nitrogens is 1. The molecule has 3 N–H and O–H groups in total. The smallest absolute Gasteiger partial charge is 0.284 e. The van der Waals surface area contributed by atoms with Crippen LogP contribution >= 0.6 is 0 Å². The van der Waals surface area contributed by atoms with Crippen LogP contribution in [0.5, 0.6) is 0 Å². The second-order valence-electron chi connectivity index (χ2n) is 5.63. The summed E-state index contributed by atoms with van der Waals surface area (Å²) in [4.78, 5) is 15.6. The molecule has 1 aliphatic heterocycles. The van der Waals surface area contributed by atoms with Crippen LogP contribution in [-0.2, 0) is 18.3 Å². The van der Waals surface area contributed by atoms with Gasteiger partial charge in [-0.2, -0.15) is 0 Å². The van der Waals surface area contributed by atoms with Crippen LogP contribution < -0.4 is 11.1 Å². The number of nitrogens with one attached hydrogen (secondary N) is 1. The normalized spacial score (nSPS) is 23.2. The van der Waals surface area contributed by atoms with E-state index in [4.69, 9.17) is 10.2 Å². The number of amides is 1. The SMILES string of the molecule is NC(=O)c1cc2c(o1)CCC1(CNc3ncccc31)C2. The maximum atomic E-state index is 11.2. The first-order valence-corrected chi connectivity index (χ1v) is 6.79. The summed E-state index contributed by atoms with van der Waals surface area (Å²) in [6, 6.07) is 5.92. The number of hydrogen-bond acceptors (Lipinski definition) is 4. The van der Waals surface area contributed by atoms with Gasteiger partial charge in [0.25, 0.3) is 5.91 Å². The van der Waals surface area contributed by atoms with Gasteiger partial charge in [-0.05, 0) is 30.5 Å². The molecule has 0 aromatic carbocycles. The van der Waals surface area contributed by atoms with Gasteiger partial charge >= 0.3 is 0 Å². The van der Waals surface area contributed by atoms with Crippen LogP contribution in [-0.4, -0.2) is 17.4 Å². The molecule has 5 nitrogen and oxygen atoms in total. The van der Waals surface area contributed by atoms with Gasteiger partial charge in [-0.3, -0.25) is 4.79 Å². The van der Waals surface area contributed by atoms with Gasteiger partial charge in [0.2, 0.25) is 0 Å². The Kier molecular flexibility index (Phi) is 2.22. The van der Waals surface area contributed by atoms with Gasteiger partial charge in [0.05, 0.1) is 0 Å². The van der Waals surface area contributed by atoms with Gasteiger partial charge in [0.1, 0.15) is 11.6 Å². The average Bonchev–Trinajstić information content (AvgIpc) is 3.02. The largest absolute Gasteiger partial charge is 0.456 e. The zero-order valence-corrected chi connectivity index (χ0v) is 11.0. The van der Waals surface area contributed by atoms with Gasteiger partial charge in [-0.15, -0.1) is 0 Å². The second kappa shape index (κ2) is 3.85. The van der Waals surface area contributed by atoms with Crippen LogP contribution in [0.4, 0.5) is 5.82 Å². The molecular weight excluding hydrogens is 254 g/mol. The number of aryl methyl sites for hydroxylation is 1. The van der Waals surface area contributed by atoms with E-state index in [1.54, 1.807) is 6.07 Å². The summed E-state index contributed by atoms with van der Waals surface area (Å²) in [5, 5.41) is 3.39. The van der Waals surface area contributed by atoms with E-state index in [1.165, 1.54) is 5.56 Å². The Labute approximate surface area is 116 Å². The zero-order chi connectivity index (χ0) is 13.7. The fraction of sp³-hybridized carbons (Fsp3) is 0.333. The standard InChI is InChI=1S/C15H15N3O2/c16-13(19)12-6-9-7-15(4-3-11(9)20-12)8-18-14-10(15)2-1-5-17-14/h1-2,5-6H,3-4,7-8H2,(H2,16,19)(H,17,18). The third kappa shape index (κ3) is 1.49. The predicted molar refractivity (Wildman–Crippen MR) is 73.7 cm³/mol. The number of nitrogens with zero attached hydrogens (tertiary/aromatic N) is 1. The van der Waals surface area contributed by atoms with Crippen molar-refractivity contribution < 1.29 is 9.21 Å². The molecule has 1 atom stereocenters. The first-order chi connectivity index (χ1) is 9.68. The van der Waals surface area contributed by atoms with E-state index in [-0.39, 0.29) is 11.2 Å². The lowest BCUT2D eigenvalue weighted by Crippen LogP contribution is -2.34. The van der Waals surface area contributed by atoms with E-state index >= 15 is 0 Å². The molecule has 3 heterocycles. The molecule has 0 bridgehead atoms. The summed E-state index contributed by atoms with van der Waals surface area (Å²) < 4.78 is 5.55. The van der Waals surface area contributed by atoms with Crippen molar-refractivity contribution in [1.29, 1.82) is 0 Å². The number of primary amides is 1. The Hall–Kier alpha value is -2.30. The van der Waals surface area contributed by atoms with Gasteiger partial charge in [-0.25, -0.2) is 4.98 Å². The van der Waals surface area contributed by atoms with Crippen LogP contribution in [0.3, 0.4) is 0 Å².